The van der Waals surface area contributed by atoms with E-state index in [0.717, 1.165) is 17.1 Å². The number of carbonyl (C=O) groups is 1. The lowest BCUT2D eigenvalue weighted by atomic mass is 10.3. The second kappa shape index (κ2) is 8.53. The molecule has 1 aromatic heterocycles. The van der Waals surface area contributed by atoms with Crippen molar-refractivity contribution in [1.82, 2.24) is 4.98 Å². The Hall–Kier alpha value is -3.54. The standard InChI is InChI=1S/C20H19N3O3/c1-25-18-10-6-5-9-17(18)22-15-11-12-19(21-13-15)23-20(24)14-26-16-7-3-2-4-8-16/h2-13,22H,14H2,1H3,(H,21,23,24). The molecule has 2 aromatic carbocycles. The summed E-state index contributed by atoms with van der Waals surface area (Å²) in [6.07, 6.45) is 1.64. The van der Waals surface area contributed by atoms with Crippen molar-refractivity contribution in [2.45, 2.75) is 0 Å². The summed E-state index contributed by atoms with van der Waals surface area (Å²) in [5, 5.41) is 5.92. The second-order valence-corrected chi connectivity index (χ2v) is 5.41. The molecule has 6 heteroatoms. The third-order valence-corrected chi connectivity index (χ3v) is 3.53. The zero-order valence-electron chi connectivity index (χ0n) is 14.3. The van der Waals surface area contributed by atoms with Crippen molar-refractivity contribution in [3.8, 4) is 11.5 Å². The van der Waals surface area contributed by atoms with Crippen LogP contribution in [0.5, 0.6) is 11.5 Å². The van der Waals surface area contributed by atoms with Gasteiger partial charge in [-0.25, -0.2) is 4.98 Å². The van der Waals surface area contributed by atoms with E-state index >= 15 is 0 Å². The SMILES string of the molecule is COc1ccccc1Nc1ccc(NC(=O)COc2ccccc2)nc1. The summed E-state index contributed by atoms with van der Waals surface area (Å²) in [6, 6.07) is 20.3. The summed E-state index contributed by atoms with van der Waals surface area (Å²) in [5.74, 6) is 1.57. The zero-order chi connectivity index (χ0) is 18.2. The molecule has 0 spiro atoms. The molecule has 1 amide bonds. The van der Waals surface area contributed by atoms with Crippen LogP contribution in [0.25, 0.3) is 0 Å². The fourth-order valence-corrected chi connectivity index (χ4v) is 2.29. The Morgan fingerprint density at radius 1 is 1.00 bits per heavy atom. The first kappa shape index (κ1) is 17.3. The van der Waals surface area contributed by atoms with Crippen molar-refractivity contribution in [3.05, 3.63) is 72.9 Å². The van der Waals surface area contributed by atoms with Gasteiger partial charge < -0.3 is 20.1 Å². The number of pyridine rings is 1. The first-order chi connectivity index (χ1) is 12.7. The van der Waals surface area contributed by atoms with Gasteiger partial charge in [-0.15, -0.1) is 0 Å². The van der Waals surface area contributed by atoms with Crippen molar-refractivity contribution in [3.63, 3.8) is 0 Å². The number of hydrogen-bond donors (Lipinski definition) is 2. The highest BCUT2D eigenvalue weighted by Gasteiger charge is 2.06. The summed E-state index contributed by atoms with van der Waals surface area (Å²) in [4.78, 5) is 16.2. The molecule has 3 aromatic rings. The molecule has 1 heterocycles. The zero-order valence-corrected chi connectivity index (χ0v) is 14.3. The molecule has 0 saturated carbocycles. The van der Waals surface area contributed by atoms with Gasteiger partial charge in [0.15, 0.2) is 6.61 Å². The maximum atomic E-state index is 11.9. The maximum absolute atomic E-state index is 11.9. The van der Waals surface area contributed by atoms with Crippen LogP contribution in [0.2, 0.25) is 0 Å². The maximum Gasteiger partial charge on any atom is 0.263 e. The molecule has 26 heavy (non-hydrogen) atoms. The smallest absolute Gasteiger partial charge is 0.263 e. The number of aromatic nitrogens is 1. The Kier molecular flexibility index (Phi) is 5.67. The normalized spacial score (nSPS) is 10.0. The van der Waals surface area contributed by atoms with Gasteiger partial charge in [-0.3, -0.25) is 4.79 Å². The second-order valence-electron chi connectivity index (χ2n) is 5.41. The van der Waals surface area contributed by atoms with Crippen LogP contribution >= 0.6 is 0 Å². The number of amides is 1. The number of hydrogen-bond acceptors (Lipinski definition) is 5. The molecule has 0 saturated heterocycles. The van der Waals surface area contributed by atoms with E-state index in [9.17, 15) is 4.79 Å². The fraction of sp³-hybridized carbons (Fsp3) is 0.100. The highest BCUT2D eigenvalue weighted by atomic mass is 16.5. The van der Waals surface area contributed by atoms with Crippen LogP contribution < -0.4 is 20.1 Å². The van der Waals surface area contributed by atoms with Crippen molar-refractivity contribution >= 4 is 23.1 Å². The molecule has 0 bridgehead atoms. The van der Waals surface area contributed by atoms with E-state index in [1.165, 1.54) is 0 Å². The molecule has 0 radical (unpaired) electrons. The van der Waals surface area contributed by atoms with Crippen LogP contribution in [0.15, 0.2) is 72.9 Å². The number of benzene rings is 2. The molecule has 0 aliphatic heterocycles. The Balaban J connectivity index is 1.55. The van der Waals surface area contributed by atoms with Gasteiger partial charge in [-0.2, -0.15) is 0 Å². The lowest BCUT2D eigenvalue weighted by Gasteiger charge is -2.11. The monoisotopic (exact) mass is 349 g/mol. The first-order valence-corrected chi connectivity index (χ1v) is 8.08. The number of rotatable bonds is 7. The van der Waals surface area contributed by atoms with Crippen LogP contribution in [0, 0.1) is 0 Å². The van der Waals surface area contributed by atoms with E-state index in [2.05, 4.69) is 15.6 Å². The van der Waals surface area contributed by atoms with Crippen LogP contribution in [0.3, 0.4) is 0 Å². The lowest BCUT2D eigenvalue weighted by molar-refractivity contribution is -0.118. The molecule has 6 nitrogen and oxygen atoms in total. The van der Waals surface area contributed by atoms with Crippen molar-refractivity contribution in [2.24, 2.45) is 0 Å². The number of anilines is 3. The van der Waals surface area contributed by atoms with Crippen molar-refractivity contribution in [2.75, 3.05) is 24.4 Å². The highest BCUT2D eigenvalue weighted by molar-refractivity contribution is 5.91. The quantitative estimate of drug-likeness (QED) is 0.678. The summed E-state index contributed by atoms with van der Waals surface area (Å²) in [6.45, 7) is -0.0765. The lowest BCUT2D eigenvalue weighted by Crippen LogP contribution is -2.20. The van der Waals surface area contributed by atoms with Gasteiger partial charge in [0.2, 0.25) is 0 Å². The molecular formula is C20H19N3O3. The summed E-state index contributed by atoms with van der Waals surface area (Å²) >= 11 is 0. The van der Waals surface area contributed by atoms with E-state index < -0.39 is 0 Å². The Morgan fingerprint density at radius 3 is 2.50 bits per heavy atom. The summed E-state index contributed by atoms with van der Waals surface area (Å²) < 4.78 is 10.7. The van der Waals surface area contributed by atoms with Crippen LogP contribution in [0.4, 0.5) is 17.2 Å². The average Bonchev–Trinajstić information content (AvgIpc) is 2.69. The molecule has 0 atom stereocenters. The topological polar surface area (TPSA) is 72.5 Å². The number of nitrogens with one attached hydrogen (secondary N) is 2. The Bertz CT molecular complexity index is 852. The predicted octanol–water partition coefficient (Wildman–Crippen LogP) is 3.85. The van der Waals surface area contributed by atoms with E-state index in [1.54, 1.807) is 31.5 Å². The number of para-hydroxylation sites is 3. The van der Waals surface area contributed by atoms with Gasteiger partial charge in [0, 0.05) is 0 Å². The van der Waals surface area contributed by atoms with Crippen LogP contribution in [0.1, 0.15) is 0 Å². The Morgan fingerprint density at radius 2 is 1.77 bits per heavy atom. The van der Waals surface area contributed by atoms with Crippen molar-refractivity contribution in [1.29, 1.82) is 0 Å². The van der Waals surface area contributed by atoms with Crippen LogP contribution in [-0.4, -0.2) is 24.6 Å². The van der Waals surface area contributed by atoms with Gasteiger partial charge in [0.25, 0.3) is 5.91 Å². The average molecular weight is 349 g/mol. The van der Waals surface area contributed by atoms with Gasteiger partial charge >= 0.3 is 0 Å². The molecule has 132 valence electrons. The van der Waals surface area contributed by atoms with Gasteiger partial charge in [-0.1, -0.05) is 30.3 Å². The molecule has 3 rings (SSSR count). The summed E-state index contributed by atoms with van der Waals surface area (Å²) in [7, 11) is 1.62. The third-order valence-electron chi connectivity index (χ3n) is 3.53. The molecule has 2 N–H and O–H groups in total. The van der Waals surface area contributed by atoms with Gasteiger partial charge in [-0.05, 0) is 36.4 Å². The van der Waals surface area contributed by atoms with E-state index in [0.29, 0.717) is 11.6 Å². The minimum atomic E-state index is -0.271. The van der Waals surface area contributed by atoms with E-state index in [1.807, 2.05) is 48.5 Å². The highest BCUT2D eigenvalue weighted by Crippen LogP contribution is 2.26. The first-order valence-electron chi connectivity index (χ1n) is 8.08. The molecule has 0 aliphatic carbocycles. The minimum absolute atomic E-state index is 0.0765. The minimum Gasteiger partial charge on any atom is -0.495 e. The number of ether oxygens (including phenoxy) is 2. The molecule has 0 unspecified atom stereocenters. The van der Waals surface area contributed by atoms with Crippen LogP contribution in [-0.2, 0) is 4.79 Å². The van der Waals surface area contributed by atoms with E-state index in [-0.39, 0.29) is 12.5 Å². The number of methoxy groups -OCH3 is 1. The van der Waals surface area contributed by atoms with Gasteiger partial charge in [0.1, 0.15) is 17.3 Å². The molecular weight excluding hydrogens is 330 g/mol. The largest absolute Gasteiger partial charge is 0.495 e. The molecule has 0 fully saturated rings. The fourth-order valence-electron chi connectivity index (χ4n) is 2.29. The summed E-state index contributed by atoms with van der Waals surface area (Å²) in [5.41, 5.74) is 1.62. The van der Waals surface area contributed by atoms with Crippen molar-refractivity contribution < 1.29 is 14.3 Å². The van der Waals surface area contributed by atoms with E-state index in [4.69, 9.17) is 9.47 Å². The number of nitrogens with zero attached hydrogens (tertiary/aromatic N) is 1. The molecule has 0 aliphatic rings. The predicted molar refractivity (Wildman–Crippen MR) is 101 cm³/mol. The number of carbonyl (C=O) groups excluding carboxylic acids is 1. The third kappa shape index (κ3) is 4.73. The van der Waals surface area contributed by atoms with Gasteiger partial charge in [0.05, 0.1) is 24.7 Å². The Labute approximate surface area is 151 Å².